The van der Waals surface area contributed by atoms with Gasteiger partial charge in [-0.25, -0.2) is 14.4 Å². The van der Waals surface area contributed by atoms with E-state index in [-0.39, 0.29) is 5.82 Å². The number of ether oxygens (including phenoxy) is 1. The second-order valence-electron chi connectivity index (χ2n) is 6.37. The first kappa shape index (κ1) is 16.8. The van der Waals surface area contributed by atoms with E-state index in [0.717, 1.165) is 43.2 Å². The Morgan fingerprint density at radius 1 is 1.21 bits per heavy atom. The zero-order valence-electron chi connectivity index (χ0n) is 14.1. The molecule has 2 heterocycles. The molecule has 3 rings (SSSR count). The van der Waals surface area contributed by atoms with Gasteiger partial charge in [0.2, 0.25) is 0 Å². The van der Waals surface area contributed by atoms with E-state index < -0.39 is 0 Å². The average Bonchev–Trinajstić information content (AvgIpc) is 2.62. The first-order valence-electron chi connectivity index (χ1n) is 8.63. The predicted octanol–water partition coefficient (Wildman–Crippen LogP) is 3.47. The number of piperidine rings is 1. The molecule has 1 aliphatic rings. The summed E-state index contributed by atoms with van der Waals surface area (Å²) in [6.07, 6.45) is 7.08. The normalized spacial score (nSPS) is 18.5. The molecule has 0 spiro atoms. The molecule has 1 fully saturated rings. The van der Waals surface area contributed by atoms with Gasteiger partial charge in [0.1, 0.15) is 17.4 Å². The van der Waals surface area contributed by atoms with Crippen LogP contribution in [0.25, 0.3) is 0 Å². The fraction of sp³-hybridized carbons (Fsp3) is 0.474. The molecule has 1 atom stereocenters. The Hall–Kier alpha value is -2.01. The molecule has 0 aliphatic carbocycles. The van der Waals surface area contributed by atoms with Gasteiger partial charge in [-0.1, -0.05) is 6.92 Å². The Balaban J connectivity index is 1.49. The van der Waals surface area contributed by atoms with Gasteiger partial charge in [0.05, 0.1) is 6.61 Å². The number of hydrogen-bond donors (Lipinski definition) is 0. The van der Waals surface area contributed by atoms with Crippen LogP contribution in [0.4, 0.5) is 4.39 Å². The van der Waals surface area contributed by atoms with Gasteiger partial charge < -0.3 is 4.74 Å². The minimum Gasteiger partial charge on any atom is -0.493 e. The van der Waals surface area contributed by atoms with E-state index in [2.05, 4.69) is 21.8 Å². The standard InChI is InChI=1S/C19H24FN3O/c1-2-19-21-10-16(11-22-19)13-23-9-3-4-15(12-23)14-24-18-7-5-17(20)6-8-18/h5-8,10-11,15H,2-4,9,12-14H2,1H3/t15-/m0/s1. The number of likely N-dealkylation sites (tertiary alicyclic amines) is 1. The highest BCUT2D eigenvalue weighted by Gasteiger charge is 2.20. The highest BCUT2D eigenvalue weighted by Crippen LogP contribution is 2.20. The van der Waals surface area contributed by atoms with Crippen LogP contribution in [0.2, 0.25) is 0 Å². The van der Waals surface area contributed by atoms with Crippen molar-refractivity contribution in [1.29, 1.82) is 0 Å². The van der Waals surface area contributed by atoms with Crippen molar-refractivity contribution in [2.75, 3.05) is 19.7 Å². The van der Waals surface area contributed by atoms with E-state index in [1.54, 1.807) is 12.1 Å². The summed E-state index contributed by atoms with van der Waals surface area (Å²) in [5, 5.41) is 0. The van der Waals surface area contributed by atoms with Gasteiger partial charge in [-0.2, -0.15) is 0 Å². The third-order valence-corrected chi connectivity index (χ3v) is 4.38. The molecule has 1 aromatic heterocycles. The summed E-state index contributed by atoms with van der Waals surface area (Å²) < 4.78 is 18.7. The van der Waals surface area contributed by atoms with Crippen LogP contribution < -0.4 is 4.74 Å². The lowest BCUT2D eigenvalue weighted by molar-refractivity contribution is 0.125. The van der Waals surface area contributed by atoms with Crippen molar-refractivity contribution in [3.8, 4) is 5.75 Å². The van der Waals surface area contributed by atoms with Crippen molar-refractivity contribution in [3.05, 3.63) is 53.9 Å². The Bertz CT molecular complexity index is 630. The molecule has 1 aromatic carbocycles. The van der Waals surface area contributed by atoms with Gasteiger partial charge in [0.15, 0.2) is 0 Å². The monoisotopic (exact) mass is 329 g/mol. The number of nitrogens with zero attached hydrogens (tertiary/aromatic N) is 3. The van der Waals surface area contributed by atoms with Crippen LogP contribution in [0, 0.1) is 11.7 Å². The third kappa shape index (κ3) is 4.74. The fourth-order valence-electron chi connectivity index (χ4n) is 3.08. The molecule has 128 valence electrons. The minimum absolute atomic E-state index is 0.234. The van der Waals surface area contributed by atoms with Crippen LogP contribution in [0.1, 0.15) is 31.2 Å². The number of benzene rings is 1. The summed E-state index contributed by atoms with van der Waals surface area (Å²) in [5.41, 5.74) is 1.16. The van der Waals surface area contributed by atoms with Crippen molar-refractivity contribution in [1.82, 2.24) is 14.9 Å². The van der Waals surface area contributed by atoms with Crippen molar-refractivity contribution >= 4 is 0 Å². The van der Waals surface area contributed by atoms with Crippen LogP contribution in [0.15, 0.2) is 36.7 Å². The van der Waals surface area contributed by atoms with E-state index in [1.807, 2.05) is 12.4 Å². The number of rotatable bonds is 6. The summed E-state index contributed by atoms with van der Waals surface area (Å²) in [5.74, 6) is 1.89. The molecule has 0 bridgehead atoms. The largest absolute Gasteiger partial charge is 0.493 e. The summed E-state index contributed by atoms with van der Waals surface area (Å²) in [6, 6.07) is 6.23. The van der Waals surface area contributed by atoms with E-state index in [9.17, 15) is 4.39 Å². The van der Waals surface area contributed by atoms with Crippen LogP contribution >= 0.6 is 0 Å². The Labute approximate surface area is 142 Å². The quantitative estimate of drug-likeness (QED) is 0.813. The first-order chi connectivity index (χ1) is 11.7. The molecule has 0 N–H and O–H groups in total. The molecule has 0 radical (unpaired) electrons. The SMILES string of the molecule is CCc1ncc(CN2CCC[C@H](COc3ccc(F)cc3)C2)cn1. The fourth-order valence-corrected chi connectivity index (χ4v) is 3.08. The van der Waals surface area contributed by atoms with Crippen LogP contribution in [0.5, 0.6) is 5.75 Å². The van der Waals surface area contributed by atoms with E-state index >= 15 is 0 Å². The van der Waals surface area contributed by atoms with Crippen molar-refractivity contribution in [3.63, 3.8) is 0 Å². The van der Waals surface area contributed by atoms with Crippen molar-refractivity contribution < 1.29 is 9.13 Å². The van der Waals surface area contributed by atoms with Gasteiger partial charge in [-0.3, -0.25) is 4.90 Å². The van der Waals surface area contributed by atoms with Crippen LogP contribution in [-0.2, 0) is 13.0 Å². The first-order valence-corrected chi connectivity index (χ1v) is 8.63. The van der Waals surface area contributed by atoms with Crippen LogP contribution in [-0.4, -0.2) is 34.6 Å². The molecule has 4 nitrogen and oxygen atoms in total. The van der Waals surface area contributed by atoms with Gasteiger partial charge in [-0.15, -0.1) is 0 Å². The maximum atomic E-state index is 12.9. The summed E-state index contributed by atoms with van der Waals surface area (Å²) >= 11 is 0. The molecule has 1 aliphatic heterocycles. The summed E-state index contributed by atoms with van der Waals surface area (Å²) in [4.78, 5) is 11.2. The number of halogens is 1. The number of aromatic nitrogens is 2. The smallest absolute Gasteiger partial charge is 0.127 e. The molecule has 24 heavy (non-hydrogen) atoms. The Kier molecular flexibility index (Phi) is 5.75. The zero-order chi connectivity index (χ0) is 16.8. The second kappa shape index (κ2) is 8.20. The van der Waals surface area contributed by atoms with Crippen LogP contribution in [0.3, 0.4) is 0 Å². The molecular formula is C19H24FN3O. The average molecular weight is 329 g/mol. The molecule has 5 heteroatoms. The highest BCUT2D eigenvalue weighted by molar-refractivity contribution is 5.22. The van der Waals surface area contributed by atoms with Gasteiger partial charge in [-0.05, 0) is 43.7 Å². The third-order valence-electron chi connectivity index (χ3n) is 4.38. The lowest BCUT2D eigenvalue weighted by Crippen LogP contribution is -2.37. The van der Waals surface area contributed by atoms with Gasteiger partial charge in [0, 0.05) is 43.4 Å². The maximum Gasteiger partial charge on any atom is 0.127 e. The topological polar surface area (TPSA) is 38.2 Å². The molecule has 0 saturated carbocycles. The molecular weight excluding hydrogens is 305 g/mol. The predicted molar refractivity (Wildman–Crippen MR) is 91.3 cm³/mol. The number of aryl methyl sites for hydroxylation is 1. The molecule has 0 amide bonds. The van der Waals surface area contributed by atoms with E-state index in [1.165, 1.54) is 25.0 Å². The molecule has 1 saturated heterocycles. The minimum atomic E-state index is -0.234. The highest BCUT2D eigenvalue weighted by atomic mass is 19.1. The number of hydrogen-bond acceptors (Lipinski definition) is 4. The van der Waals surface area contributed by atoms with E-state index in [0.29, 0.717) is 12.5 Å². The van der Waals surface area contributed by atoms with Gasteiger partial charge in [0.25, 0.3) is 0 Å². The zero-order valence-corrected chi connectivity index (χ0v) is 14.1. The molecule has 2 aromatic rings. The van der Waals surface area contributed by atoms with Crippen molar-refractivity contribution in [2.24, 2.45) is 5.92 Å². The summed E-state index contributed by atoms with van der Waals surface area (Å²) in [6.45, 7) is 5.73. The lowest BCUT2D eigenvalue weighted by atomic mass is 9.98. The second-order valence-corrected chi connectivity index (χ2v) is 6.37. The summed E-state index contributed by atoms with van der Waals surface area (Å²) in [7, 11) is 0. The lowest BCUT2D eigenvalue weighted by Gasteiger charge is -2.32. The van der Waals surface area contributed by atoms with Crippen molar-refractivity contribution in [2.45, 2.75) is 32.7 Å². The Morgan fingerprint density at radius 2 is 1.96 bits per heavy atom. The van der Waals surface area contributed by atoms with Gasteiger partial charge >= 0.3 is 0 Å². The maximum absolute atomic E-state index is 12.9. The Morgan fingerprint density at radius 3 is 2.67 bits per heavy atom. The molecule has 0 unspecified atom stereocenters. The van der Waals surface area contributed by atoms with E-state index in [4.69, 9.17) is 4.74 Å².